The van der Waals surface area contributed by atoms with Crippen molar-refractivity contribution in [1.29, 1.82) is 0 Å². The molecule has 108 valence electrons. The second-order valence-electron chi connectivity index (χ2n) is 4.88. The molecule has 1 aliphatic rings. The lowest BCUT2D eigenvalue weighted by Gasteiger charge is -2.21. The first-order chi connectivity index (χ1) is 9.61. The number of carbonyl (C=O) groups excluding carboxylic acids is 1. The molecule has 5 heteroatoms. The zero-order valence-corrected chi connectivity index (χ0v) is 13.0. The topological polar surface area (TPSA) is 44.7 Å². The van der Waals surface area contributed by atoms with Gasteiger partial charge in [-0.1, -0.05) is 42.1 Å². The van der Waals surface area contributed by atoms with Gasteiger partial charge in [0.05, 0.1) is 11.8 Å². The second-order valence-corrected chi connectivity index (χ2v) is 6.07. The first kappa shape index (κ1) is 14.9. The van der Waals surface area contributed by atoms with Crippen LogP contribution in [0.15, 0.2) is 35.3 Å². The molecule has 0 saturated heterocycles. The Bertz CT molecular complexity index is 489. The molecule has 1 aromatic rings. The van der Waals surface area contributed by atoms with Crippen LogP contribution < -0.4 is 5.32 Å². The van der Waals surface area contributed by atoms with Crippen LogP contribution in [0, 0.1) is 0 Å². The molecule has 0 saturated carbocycles. The van der Waals surface area contributed by atoms with Gasteiger partial charge in [-0.15, -0.1) is 0 Å². The number of carbonyl (C=O) groups is 1. The van der Waals surface area contributed by atoms with Crippen molar-refractivity contribution in [2.45, 2.75) is 25.1 Å². The third-order valence-electron chi connectivity index (χ3n) is 3.39. The van der Waals surface area contributed by atoms with E-state index in [1.54, 1.807) is 16.7 Å². The van der Waals surface area contributed by atoms with Crippen LogP contribution in [0.3, 0.4) is 0 Å². The number of thioether (sulfide) groups is 1. The van der Waals surface area contributed by atoms with Crippen molar-refractivity contribution in [3.05, 3.63) is 35.9 Å². The number of benzene rings is 1. The molecule has 20 heavy (non-hydrogen) atoms. The van der Waals surface area contributed by atoms with Gasteiger partial charge in [0.25, 0.3) is 0 Å². The SMILES string of the molecule is CCN(C)C(=O)C(C)NC1=NCC(c2ccccc2)S1. The normalized spacial score (nSPS) is 19.4. The van der Waals surface area contributed by atoms with Crippen molar-refractivity contribution in [1.82, 2.24) is 10.2 Å². The van der Waals surface area contributed by atoms with Gasteiger partial charge in [0.1, 0.15) is 6.04 Å². The van der Waals surface area contributed by atoms with Crippen LogP contribution in [-0.2, 0) is 4.79 Å². The fourth-order valence-electron chi connectivity index (χ4n) is 2.03. The largest absolute Gasteiger partial charge is 0.353 e. The van der Waals surface area contributed by atoms with Crippen LogP contribution in [-0.4, -0.2) is 42.2 Å². The number of nitrogens with one attached hydrogen (secondary N) is 1. The van der Waals surface area contributed by atoms with E-state index < -0.39 is 0 Å². The minimum absolute atomic E-state index is 0.0963. The number of amidine groups is 1. The summed E-state index contributed by atoms with van der Waals surface area (Å²) in [5, 5.41) is 4.43. The minimum atomic E-state index is -0.235. The molecule has 2 atom stereocenters. The third kappa shape index (κ3) is 3.54. The maximum atomic E-state index is 12.0. The van der Waals surface area contributed by atoms with E-state index in [1.165, 1.54) is 5.56 Å². The van der Waals surface area contributed by atoms with Crippen LogP contribution in [0.25, 0.3) is 0 Å². The highest BCUT2D eigenvalue weighted by atomic mass is 32.2. The molecule has 0 spiro atoms. The fraction of sp³-hybridized carbons (Fsp3) is 0.467. The van der Waals surface area contributed by atoms with Crippen LogP contribution >= 0.6 is 11.8 Å². The van der Waals surface area contributed by atoms with E-state index in [0.29, 0.717) is 5.25 Å². The van der Waals surface area contributed by atoms with Gasteiger partial charge < -0.3 is 10.2 Å². The lowest BCUT2D eigenvalue weighted by atomic mass is 10.1. The molecule has 1 amide bonds. The van der Waals surface area contributed by atoms with Gasteiger partial charge >= 0.3 is 0 Å². The Kier molecular flexibility index (Phi) is 5.06. The molecule has 4 nitrogen and oxygen atoms in total. The first-order valence-corrected chi connectivity index (χ1v) is 7.77. The van der Waals surface area contributed by atoms with Gasteiger partial charge in [0.15, 0.2) is 5.17 Å². The average Bonchev–Trinajstić information content (AvgIpc) is 2.95. The summed E-state index contributed by atoms with van der Waals surface area (Å²) >= 11 is 1.70. The number of aliphatic imine (C=N–C) groups is 1. The molecule has 0 aromatic heterocycles. The summed E-state index contributed by atoms with van der Waals surface area (Å²) in [6.45, 7) is 5.34. The van der Waals surface area contributed by atoms with Gasteiger partial charge in [0, 0.05) is 13.6 Å². The number of likely N-dealkylation sites (N-methyl/N-ethyl adjacent to an activating group) is 1. The van der Waals surface area contributed by atoms with Crippen molar-refractivity contribution in [2.24, 2.45) is 4.99 Å². The van der Waals surface area contributed by atoms with Gasteiger partial charge in [-0.3, -0.25) is 9.79 Å². The van der Waals surface area contributed by atoms with Crippen molar-refractivity contribution in [2.75, 3.05) is 20.1 Å². The Balaban J connectivity index is 1.89. The van der Waals surface area contributed by atoms with E-state index in [2.05, 4.69) is 22.4 Å². The fourth-order valence-corrected chi connectivity index (χ4v) is 3.13. The molecule has 0 bridgehead atoms. The van der Waals surface area contributed by atoms with Crippen LogP contribution in [0.4, 0.5) is 0 Å². The van der Waals surface area contributed by atoms with Crippen LogP contribution in [0.1, 0.15) is 24.7 Å². The predicted molar refractivity (Wildman–Crippen MR) is 85.0 cm³/mol. The second kappa shape index (κ2) is 6.79. The van der Waals surface area contributed by atoms with E-state index in [4.69, 9.17) is 0 Å². The number of hydrogen-bond donors (Lipinski definition) is 1. The summed E-state index contributed by atoms with van der Waals surface area (Å²) in [4.78, 5) is 18.2. The minimum Gasteiger partial charge on any atom is -0.353 e. The van der Waals surface area contributed by atoms with Crippen molar-refractivity contribution in [3.8, 4) is 0 Å². The molecule has 1 heterocycles. The quantitative estimate of drug-likeness (QED) is 0.925. The van der Waals surface area contributed by atoms with E-state index in [0.717, 1.165) is 18.3 Å². The monoisotopic (exact) mass is 291 g/mol. The highest BCUT2D eigenvalue weighted by Gasteiger charge is 2.24. The molecule has 0 aliphatic carbocycles. The molecule has 2 rings (SSSR count). The molecule has 0 fully saturated rings. The Morgan fingerprint density at radius 1 is 1.50 bits per heavy atom. The van der Waals surface area contributed by atoms with Gasteiger partial charge in [-0.25, -0.2) is 0 Å². The third-order valence-corrected chi connectivity index (χ3v) is 4.56. The zero-order valence-electron chi connectivity index (χ0n) is 12.2. The molecular weight excluding hydrogens is 270 g/mol. The Hall–Kier alpha value is -1.49. The Labute approximate surface area is 124 Å². The van der Waals surface area contributed by atoms with Crippen LogP contribution in [0.2, 0.25) is 0 Å². The first-order valence-electron chi connectivity index (χ1n) is 6.89. The lowest BCUT2D eigenvalue weighted by molar-refractivity contribution is -0.131. The maximum absolute atomic E-state index is 12.0. The smallest absolute Gasteiger partial charge is 0.244 e. The highest BCUT2D eigenvalue weighted by Crippen LogP contribution is 2.34. The van der Waals surface area contributed by atoms with E-state index in [1.807, 2.05) is 39.1 Å². The lowest BCUT2D eigenvalue weighted by Crippen LogP contribution is -2.44. The number of rotatable bonds is 4. The van der Waals surface area contributed by atoms with E-state index in [9.17, 15) is 4.79 Å². The molecule has 0 radical (unpaired) electrons. The maximum Gasteiger partial charge on any atom is 0.244 e. The van der Waals surface area contributed by atoms with Crippen molar-refractivity contribution >= 4 is 22.8 Å². The highest BCUT2D eigenvalue weighted by molar-refractivity contribution is 8.14. The number of hydrogen-bond acceptors (Lipinski definition) is 4. The average molecular weight is 291 g/mol. The van der Waals surface area contributed by atoms with Gasteiger partial charge in [-0.05, 0) is 19.4 Å². The molecule has 1 aromatic carbocycles. The summed E-state index contributed by atoms with van der Waals surface area (Å²) in [5.74, 6) is 0.0963. The van der Waals surface area contributed by atoms with E-state index >= 15 is 0 Å². The Morgan fingerprint density at radius 2 is 2.20 bits per heavy atom. The standard InChI is InChI=1S/C15H21N3OS/c1-4-18(3)14(19)11(2)17-15-16-10-13(20-15)12-8-6-5-7-9-12/h5-9,11,13H,4,10H2,1-3H3,(H,16,17). The predicted octanol–water partition coefficient (Wildman–Crippen LogP) is 2.29. The number of nitrogens with zero attached hydrogens (tertiary/aromatic N) is 2. The molecule has 1 N–H and O–H groups in total. The van der Waals surface area contributed by atoms with Crippen molar-refractivity contribution < 1.29 is 4.79 Å². The number of amides is 1. The Morgan fingerprint density at radius 3 is 2.85 bits per heavy atom. The molecule has 1 aliphatic heterocycles. The summed E-state index contributed by atoms with van der Waals surface area (Å²) in [6, 6.07) is 10.1. The summed E-state index contributed by atoms with van der Waals surface area (Å²) in [5.41, 5.74) is 1.28. The summed E-state index contributed by atoms with van der Waals surface area (Å²) in [6.07, 6.45) is 0. The van der Waals surface area contributed by atoms with Gasteiger partial charge in [-0.2, -0.15) is 0 Å². The molecular formula is C15H21N3OS. The summed E-state index contributed by atoms with van der Waals surface area (Å²) < 4.78 is 0. The molecule has 2 unspecified atom stereocenters. The van der Waals surface area contributed by atoms with Crippen LogP contribution in [0.5, 0.6) is 0 Å². The zero-order chi connectivity index (χ0) is 14.5. The summed E-state index contributed by atoms with van der Waals surface area (Å²) in [7, 11) is 1.82. The van der Waals surface area contributed by atoms with E-state index in [-0.39, 0.29) is 11.9 Å². The van der Waals surface area contributed by atoms with Gasteiger partial charge in [0.2, 0.25) is 5.91 Å². The van der Waals surface area contributed by atoms with Crippen molar-refractivity contribution in [3.63, 3.8) is 0 Å².